The Labute approximate surface area is 113 Å². The third-order valence-electron chi connectivity index (χ3n) is 3.90. The normalized spacial score (nSPS) is 21.6. The second-order valence-corrected chi connectivity index (χ2v) is 5.59. The number of hydrogen-bond acceptors (Lipinski definition) is 2. The molecule has 4 heteroatoms. The van der Waals surface area contributed by atoms with Crippen LogP contribution >= 0.6 is 0 Å². The van der Waals surface area contributed by atoms with E-state index in [1.807, 2.05) is 19.0 Å². The van der Waals surface area contributed by atoms with Crippen molar-refractivity contribution in [1.29, 1.82) is 0 Å². The lowest BCUT2D eigenvalue weighted by molar-refractivity contribution is 0.221. The summed E-state index contributed by atoms with van der Waals surface area (Å²) < 4.78 is 27.3. The van der Waals surface area contributed by atoms with Crippen LogP contribution in [0.25, 0.3) is 0 Å². The minimum Gasteiger partial charge on any atom is -0.316 e. The summed E-state index contributed by atoms with van der Waals surface area (Å²) in [6.07, 6.45) is 3.19. The van der Waals surface area contributed by atoms with Crippen molar-refractivity contribution in [3.05, 3.63) is 35.4 Å². The number of nitrogens with one attached hydrogen (secondary N) is 1. The first-order valence-corrected chi connectivity index (χ1v) is 6.90. The first-order valence-electron chi connectivity index (χ1n) is 6.90. The standard InChI is InChI=1S/C15H22F2N2/c1-19(2)15(8-11-4-3-7-18-10-11)13-9-12(16)5-6-14(13)17/h5-6,9,11,15,18H,3-4,7-8,10H2,1-2H3. The van der Waals surface area contributed by atoms with Crippen molar-refractivity contribution in [2.24, 2.45) is 5.92 Å². The highest BCUT2D eigenvalue weighted by Crippen LogP contribution is 2.30. The van der Waals surface area contributed by atoms with Crippen LogP contribution in [-0.4, -0.2) is 32.1 Å². The highest BCUT2D eigenvalue weighted by atomic mass is 19.1. The topological polar surface area (TPSA) is 15.3 Å². The zero-order valence-corrected chi connectivity index (χ0v) is 11.6. The summed E-state index contributed by atoms with van der Waals surface area (Å²) in [5.74, 6) is -0.155. The minimum atomic E-state index is -0.370. The van der Waals surface area contributed by atoms with E-state index in [9.17, 15) is 8.78 Å². The molecule has 106 valence electrons. The number of nitrogens with zero attached hydrogens (tertiary/aromatic N) is 1. The van der Waals surface area contributed by atoms with Gasteiger partial charge in [-0.15, -0.1) is 0 Å². The quantitative estimate of drug-likeness (QED) is 0.903. The first kappa shape index (κ1) is 14.4. The Morgan fingerprint density at radius 3 is 2.79 bits per heavy atom. The average Bonchev–Trinajstić information content (AvgIpc) is 2.40. The lowest BCUT2D eigenvalue weighted by Crippen LogP contribution is -2.33. The number of rotatable bonds is 4. The zero-order valence-electron chi connectivity index (χ0n) is 11.6. The molecular formula is C15H22F2N2. The van der Waals surface area contributed by atoms with E-state index in [0.717, 1.165) is 32.4 Å². The minimum absolute atomic E-state index is 0.0689. The van der Waals surface area contributed by atoms with Gasteiger partial charge in [0.2, 0.25) is 0 Å². The van der Waals surface area contributed by atoms with Gasteiger partial charge in [0.15, 0.2) is 0 Å². The van der Waals surface area contributed by atoms with Crippen molar-refractivity contribution < 1.29 is 8.78 Å². The molecule has 2 nitrogen and oxygen atoms in total. The lowest BCUT2D eigenvalue weighted by atomic mass is 9.89. The number of halogens is 2. The summed E-state index contributed by atoms with van der Waals surface area (Å²) in [6, 6.07) is 3.66. The molecule has 0 amide bonds. The summed E-state index contributed by atoms with van der Waals surface area (Å²) in [6.45, 7) is 2.04. The van der Waals surface area contributed by atoms with Crippen molar-refractivity contribution in [2.75, 3.05) is 27.2 Å². The van der Waals surface area contributed by atoms with Crippen LogP contribution in [0.1, 0.15) is 30.9 Å². The van der Waals surface area contributed by atoms with Gasteiger partial charge in [0.05, 0.1) is 0 Å². The molecular weight excluding hydrogens is 246 g/mol. The lowest BCUT2D eigenvalue weighted by Gasteiger charge is -2.31. The second kappa shape index (κ2) is 6.44. The summed E-state index contributed by atoms with van der Waals surface area (Å²) >= 11 is 0. The van der Waals surface area contributed by atoms with Crippen LogP contribution < -0.4 is 5.32 Å². The van der Waals surface area contributed by atoms with Gasteiger partial charge >= 0.3 is 0 Å². The first-order chi connectivity index (χ1) is 9.08. The SMILES string of the molecule is CN(C)C(CC1CCCNC1)c1cc(F)ccc1F. The van der Waals surface area contributed by atoms with Crippen molar-refractivity contribution in [1.82, 2.24) is 10.2 Å². The maximum Gasteiger partial charge on any atom is 0.128 e. The number of hydrogen-bond donors (Lipinski definition) is 1. The Morgan fingerprint density at radius 1 is 1.37 bits per heavy atom. The molecule has 0 saturated carbocycles. The van der Waals surface area contributed by atoms with Crippen LogP contribution in [0.4, 0.5) is 8.78 Å². The van der Waals surface area contributed by atoms with E-state index < -0.39 is 0 Å². The maximum absolute atomic E-state index is 13.9. The molecule has 0 spiro atoms. The van der Waals surface area contributed by atoms with Crippen molar-refractivity contribution >= 4 is 0 Å². The highest BCUT2D eigenvalue weighted by molar-refractivity contribution is 5.22. The third-order valence-corrected chi connectivity index (χ3v) is 3.90. The van der Waals surface area contributed by atoms with E-state index in [-0.39, 0.29) is 17.7 Å². The Bertz CT molecular complexity index is 415. The van der Waals surface area contributed by atoms with Gasteiger partial charge in [0.1, 0.15) is 11.6 Å². The van der Waals surface area contributed by atoms with Gasteiger partial charge in [-0.05, 0) is 70.6 Å². The predicted octanol–water partition coefficient (Wildman–Crippen LogP) is 2.96. The van der Waals surface area contributed by atoms with Crippen molar-refractivity contribution in [3.63, 3.8) is 0 Å². The van der Waals surface area contributed by atoms with Crippen LogP contribution in [0.3, 0.4) is 0 Å². The molecule has 1 saturated heterocycles. The molecule has 2 rings (SSSR count). The van der Waals surface area contributed by atoms with Crippen LogP contribution in [-0.2, 0) is 0 Å². The van der Waals surface area contributed by atoms with Gasteiger partial charge < -0.3 is 10.2 Å². The Hall–Kier alpha value is -1.00. The molecule has 0 radical (unpaired) electrons. The fraction of sp³-hybridized carbons (Fsp3) is 0.600. The molecule has 1 heterocycles. The number of piperidine rings is 1. The molecule has 2 atom stereocenters. The average molecular weight is 268 g/mol. The number of benzene rings is 1. The molecule has 1 aromatic carbocycles. The molecule has 1 aliphatic rings. The molecule has 19 heavy (non-hydrogen) atoms. The summed E-state index contributed by atoms with van der Waals surface area (Å²) in [5, 5.41) is 3.37. The smallest absolute Gasteiger partial charge is 0.128 e. The van der Waals surface area contributed by atoms with E-state index in [1.54, 1.807) is 0 Å². The molecule has 0 bridgehead atoms. The molecule has 1 aromatic rings. The van der Waals surface area contributed by atoms with E-state index in [4.69, 9.17) is 0 Å². The summed E-state index contributed by atoms with van der Waals surface area (Å²) in [7, 11) is 3.84. The molecule has 1 aliphatic heterocycles. The van der Waals surface area contributed by atoms with Gasteiger partial charge in [0.25, 0.3) is 0 Å². The van der Waals surface area contributed by atoms with E-state index in [1.165, 1.54) is 18.2 Å². The van der Waals surface area contributed by atoms with Crippen LogP contribution in [0, 0.1) is 17.6 Å². The fourth-order valence-electron chi connectivity index (χ4n) is 2.83. The molecule has 2 unspecified atom stereocenters. The van der Waals surface area contributed by atoms with Gasteiger partial charge in [-0.3, -0.25) is 0 Å². The van der Waals surface area contributed by atoms with Gasteiger partial charge in [-0.25, -0.2) is 8.78 Å². The monoisotopic (exact) mass is 268 g/mol. The fourth-order valence-corrected chi connectivity index (χ4v) is 2.83. The second-order valence-electron chi connectivity index (χ2n) is 5.59. The summed E-state index contributed by atoms with van der Waals surface area (Å²) in [5.41, 5.74) is 0.468. The van der Waals surface area contributed by atoms with Crippen molar-refractivity contribution in [2.45, 2.75) is 25.3 Å². The Morgan fingerprint density at radius 2 is 2.16 bits per heavy atom. The zero-order chi connectivity index (χ0) is 13.8. The third kappa shape index (κ3) is 3.74. The van der Waals surface area contributed by atoms with Crippen LogP contribution in [0.2, 0.25) is 0 Å². The van der Waals surface area contributed by atoms with E-state index >= 15 is 0 Å². The van der Waals surface area contributed by atoms with Crippen molar-refractivity contribution in [3.8, 4) is 0 Å². The predicted molar refractivity (Wildman–Crippen MR) is 73.0 cm³/mol. The molecule has 1 fully saturated rings. The van der Waals surface area contributed by atoms with Crippen LogP contribution in [0.5, 0.6) is 0 Å². The van der Waals surface area contributed by atoms with E-state index in [0.29, 0.717) is 11.5 Å². The molecule has 0 aliphatic carbocycles. The summed E-state index contributed by atoms with van der Waals surface area (Å²) in [4.78, 5) is 1.98. The maximum atomic E-state index is 13.9. The van der Waals surface area contributed by atoms with Gasteiger partial charge in [-0.1, -0.05) is 0 Å². The van der Waals surface area contributed by atoms with Crippen LogP contribution in [0.15, 0.2) is 18.2 Å². The van der Waals surface area contributed by atoms with E-state index in [2.05, 4.69) is 5.32 Å². The highest BCUT2D eigenvalue weighted by Gasteiger charge is 2.24. The largest absolute Gasteiger partial charge is 0.316 e. The molecule has 0 aromatic heterocycles. The Balaban J connectivity index is 2.16. The molecule has 1 N–H and O–H groups in total. The Kier molecular flexibility index (Phi) is 4.88. The van der Waals surface area contributed by atoms with Gasteiger partial charge in [-0.2, -0.15) is 0 Å². The van der Waals surface area contributed by atoms with Gasteiger partial charge in [0, 0.05) is 11.6 Å².